The van der Waals surface area contributed by atoms with Crippen molar-refractivity contribution in [3.63, 3.8) is 0 Å². The number of ether oxygens (including phenoxy) is 3. The zero-order valence-corrected chi connectivity index (χ0v) is 17.6. The zero-order valence-electron chi connectivity index (χ0n) is 17.6. The highest BCUT2D eigenvalue weighted by molar-refractivity contribution is 5.86. The first-order valence-corrected chi connectivity index (χ1v) is 10.7. The lowest BCUT2D eigenvalue weighted by Gasteiger charge is -2.39. The van der Waals surface area contributed by atoms with E-state index in [2.05, 4.69) is 6.92 Å². The molecule has 10 heteroatoms. The molecule has 1 aromatic heterocycles. The average Bonchev–Trinajstić information content (AvgIpc) is 2.78. The minimum atomic E-state index is -1.59. The van der Waals surface area contributed by atoms with E-state index in [0.717, 1.165) is 25.7 Å². The number of rotatable bonds is 5. The highest BCUT2D eigenvalue weighted by Gasteiger charge is 2.44. The predicted molar refractivity (Wildman–Crippen MR) is 111 cm³/mol. The number of hydrogen-bond acceptors (Lipinski definition) is 10. The minimum Gasteiger partial charge on any atom is -0.504 e. The van der Waals surface area contributed by atoms with E-state index in [-0.39, 0.29) is 34.3 Å². The number of fused-ring (bicyclic) bond motifs is 1. The molecule has 176 valence electrons. The Morgan fingerprint density at radius 1 is 1.03 bits per heavy atom. The third-order valence-corrected chi connectivity index (χ3v) is 6.16. The molecular formula is C22H28O10. The maximum Gasteiger partial charge on any atom is 0.383 e. The topological polar surface area (TPSA) is 159 Å². The SMILES string of the molecule is C[C@H]1CC[C@H](Oc2c(O)c3ccc(O[C@H]4O[C@H](CO)[C@@H](O)[C@H](O)[C@@H]4O)cc3oc2=O)CC1. The van der Waals surface area contributed by atoms with Gasteiger partial charge >= 0.3 is 5.63 Å². The largest absolute Gasteiger partial charge is 0.504 e. The second-order valence-electron chi connectivity index (χ2n) is 8.54. The molecule has 10 nitrogen and oxygen atoms in total. The van der Waals surface area contributed by atoms with Gasteiger partial charge in [-0.1, -0.05) is 6.92 Å². The summed E-state index contributed by atoms with van der Waals surface area (Å²) in [6.45, 7) is 1.58. The number of aromatic hydroxyl groups is 1. The van der Waals surface area contributed by atoms with Crippen LogP contribution in [0.3, 0.4) is 0 Å². The highest BCUT2D eigenvalue weighted by atomic mass is 16.7. The van der Waals surface area contributed by atoms with Crippen molar-refractivity contribution in [2.24, 2.45) is 5.92 Å². The van der Waals surface area contributed by atoms with Gasteiger partial charge in [0.1, 0.15) is 35.7 Å². The first kappa shape index (κ1) is 22.8. The Bertz CT molecular complexity index is 994. The summed E-state index contributed by atoms with van der Waals surface area (Å²) in [5, 5.41) is 50.0. The van der Waals surface area contributed by atoms with Gasteiger partial charge in [-0.3, -0.25) is 0 Å². The lowest BCUT2D eigenvalue weighted by atomic mass is 9.89. The van der Waals surface area contributed by atoms with Crippen LogP contribution >= 0.6 is 0 Å². The lowest BCUT2D eigenvalue weighted by Crippen LogP contribution is -2.60. The summed E-state index contributed by atoms with van der Waals surface area (Å²) in [7, 11) is 0. The van der Waals surface area contributed by atoms with E-state index in [4.69, 9.17) is 18.6 Å². The smallest absolute Gasteiger partial charge is 0.383 e. The van der Waals surface area contributed by atoms with Crippen LogP contribution in [-0.2, 0) is 4.74 Å². The van der Waals surface area contributed by atoms with Gasteiger partial charge in [0, 0.05) is 6.07 Å². The van der Waals surface area contributed by atoms with E-state index in [9.17, 15) is 30.3 Å². The molecule has 5 N–H and O–H groups in total. The molecule has 1 aliphatic heterocycles. The molecule has 0 radical (unpaired) electrons. The van der Waals surface area contributed by atoms with Crippen molar-refractivity contribution in [1.82, 2.24) is 0 Å². The van der Waals surface area contributed by atoms with Gasteiger partial charge in [0.2, 0.25) is 12.0 Å². The van der Waals surface area contributed by atoms with Crippen LogP contribution in [0, 0.1) is 5.92 Å². The Hall–Kier alpha value is -2.37. The molecule has 1 saturated heterocycles. The Morgan fingerprint density at radius 3 is 2.44 bits per heavy atom. The molecule has 2 aromatic rings. The second kappa shape index (κ2) is 9.24. The number of benzene rings is 1. The normalized spacial score (nSPS) is 33.2. The average molecular weight is 452 g/mol. The van der Waals surface area contributed by atoms with E-state index < -0.39 is 42.9 Å². The van der Waals surface area contributed by atoms with Gasteiger partial charge in [-0.05, 0) is 43.7 Å². The van der Waals surface area contributed by atoms with Gasteiger partial charge in [-0.25, -0.2) is 4.79 Å². The summed E-state index contributed by atoms with van der Waals surface area (Å²) in [5.41, 5.74) is -0.794. The Morgan fingerprint density at radius 2 is 1.75 bits per heavy atom. The summed E-state index contributed by atoms with van der Waals surface area (Å²) >= 11 is 0. The molecule has 5 atom stereocenters. The van der Waals surface area contributed by atoms with Crippen molar-refractivity contribution in [2.75, 3.05) is 6.61 Å². The number of aliphatic hydroxyl groups is 4. The molecule has 4 rings (SSSR count). The summed E-state index contributed by atoms with van der Waals surface area (Å²) in [6.07, 6.45) is -3.78. The maximum absolute atomic E-state index is 12.5. The lowest BCUT2D eigenvalue weighted by molar-refractivity contribution is -0.277. The quantitative estimate of drug-likeness (QED) is 0.407. The molecule has 0 unspecified atom stereocenters. The summed E-state index contributed by atoms with van der Waals surface area (Å²) in [5.74, 6) is 0.173. The highest BCUT2D eigenvalue weighted by Crippen LogP contribution is 2.36. The zero-order chi connectivity index (χ0) is 23.0. The van der Waals surface area contributed by atoms with E-state index in [1.54, 1.807) is 0 Å². The third-order valence-electron chi connectivity index (χ3n) is 6.16. The van der Waals surface area contributed by atoms with E-state index in [1.807, 2.05) is 0 Å². The van der Waals surface area contributed by atoms with Crippen LogP contribution in [0.25, 0.3) is 11.0 Å². The summed E-state index contributed by atoms with van der Waals surface area (Å²) in [6, 6.07) is 4.24. The Balaban J connectivity index is 1.55. The molecule has 0 amide bonds. The number of hydrogen-bond donors (Lipinski definition) is 5. The van der Waals surface area contributed by atoms with Crippen LogP contribution in [0.15, 0.2) is 27.4 Å². The molecule has 1 aliphatic carbocycles. The number of aliphatic hydroxyl groups excluding tert-OH is 4. The first-order chi connectivity index (χ1) is 15.3. The molecule has 0 bridgehead atoms. The summed E-state index contributed by atoms with van der Waals surface area (Å²) in [4.78, 5) is 12.5. The molecule has 1 aromatic carbocycles. The molecule has 2 fully saturated rings. The third kappa shape index (κ3) is 4.41. The molecular weight excluding hydrogens is 424 g/mol. The molecule has 2 heterocycles. The molecule has 0 spiro atoms. The van der Waals surface area contributed by atoms with Crippen LogP contribution in [0.4, 0.5) is 0 Å². The maximum atomic E-state index is 12.5. The molecule has 1 saturated carbocycles. The molecule has 2 aliphatic rings. The van der Waals surface area contributed by atoms with Crippen LogP contribution in [0.1, 0.15) is 32.6 Å². The van der Waals surface area contributed by atoms with E-state index >= 15 is 0 Å². The monoisotopic (exact) mass is 452 g/mol. The van der Waals surface area contributed by atoms with Crippen molar-refractivity contribution in [1.29, 1.82) is 0 Å². The Kier molecular flexibility index (Phi) is 6.59. The van der Waals surface area contributed by atoms with Crippen LogP contribution in [0.2, 0.25) is 0 Å². The van der Waals surface area contributed by atoms with Gasteiger partial charge in [0.15, 0.2) is 5.75 Å². The fraction of sp³-hybridized carbons (Fsp3) is 0.591. The first-order valence-electron chi connectivity index (χ1n) is 10.7. The van der Waals surface area contributed by atoms with Crippen molar-refractivity contribution in [3.8, 4) is 17.2 Å². The van der Waals surface area contributed by atoms with E-state index in [0.29, 0.717) is 5.92 Å². The fourth-order valence-corrected chi connectivity index (χ4v) is 4.14. The Labute approximate surface area is 183 Å². The van der Waals surface area contributed by atoms with Crippen LogP contribution in [-0.4, -0.2) is 68.9 Å². The van der Waals surface area contributed by atoms with Gasteiger partial charge in [-0.15, -0.1) is 0 Å². The van der Waals surface area contributed by atoms with Crippen molar-refractivity contribution in [3.05, 3.63) is 28.6 Å². The van der Waals surface area contributed by atoms with E-state index in [1.165, 1.54) is 18.2 Å². The van der Waals surface area contributed by atoms with Gasteiger partial charge in [0.05, 0.1) is 18.1 Å². The standard InChI is InChI=1S/C22H28O10/c1-10-2-4-11(5-3-10)29-20-16(24)13-7-6-12(8-14(13)31-21(20)28)30-22-19(27)18(26)17(25)15(9-23)32-22/h6-8,10-11,15,17-19,22-27H,2-5,9H2,1H3/t10-,11-,15-,17-,18+,19+,22+/m1/s1. The fourth-order valence-electron chi connectivity index (χ4n) is 4.14. The van der Waals surface area contributed by atoms with Gasteiger partial charge in [0.25, 0.3) is 0 Å². The molecule has 32 heavy (non-hydrogen) atoms. The van der Waals surface area contributed by atoms with Crippen LogP contribution in [0.5, 0.6) is 17.2 Å². The van der Waals surface area contributed by atoms with Gasteiger partial charge in [-0.2, -0.15) is 0 Å². The van der Waals surface area contributed by atoms with Crippen molar-refractivity contribution < 1.29 is 44.2 Å². The summed E-state index contributed by atoms with van der Waals surface area (Å²) < 4.78 is 21.9. The van der Waals surface area contributed by atoms with Gasteiger partial charge < -0.3 is 44.2 Å². The minimum absolute atomic E-state index is 0.0270. The van der Waals surface area contributed by atoms with Crippen LogP contribution < -0.4 is 15.1 Å². The predicted octanol–water partition coefficient (Wildman–Crippen LogP) is 0.635. The van der Waals surface area contributed by atoms with Crippen molar-refractivity contribution >= 4 is 11.0 Å². The van der Waals surface area contributed by atoms with Crippen molar-refractivity contribution in [2.45, 2.75) is 69.4 Å². The second-order valence-corrected chi connectivity index (χ2v) is 8.54.